The number of amides is 1. The van der Waals surface area contributed by atoms with Gasteiger partial charge in [-0.2, -0.15) is 0 Å². The van der Waals surface area contributed by atoms with Crippen LogP contribution >= 0.6 is 11.3 Å². The second kappa shape index (κ2) is 7.62. The molecular weight excluding hydrogens is 310 g/mol. The third kappa shape index (κ3) is 4.45. The molecule has 3 rings (SSSR count). The molecule has 0 saturated heterocycles. The molecule has 1 aromatic carbocycles. The van der Waals surface area contributed by atoms with Crippen molar-refractivity contribution in [1.29, 1.82) is 0 Å². The minimum Gasteiger partial charge on any atom is -0.272 e. The first-order valence-corrected chi connectivity index (χ1v) is 7.99. The van der Waals surface area contributed by atoms with Gasteiger partial charge in [-0.25, -0.2) is 10.5 Å². The third-order valence-electron chi connectivity index (χ3n) is 3.05. The highest BCUT2D eigenvalue weighted by Gasteiger charge is 2.09. The number of nitrogens with zero attached hydrogens (tertiary/aromatic N) is 2. The van der Waals surface area contributed by atoms with Gasteiger partial charge in [0.1, 0.15) is 5.01 Å². The summed E-state index contributed by atoms with van der Waals surface area (Å²) in [5.41, 5.74) is 4.95. The fraction of sp³-hybridized carbons (Fsp3) is 0.118. The molecule has 6 heteroatoms. The Kier molecular flexibility index (Phi) is 5.08. The number of pyridine rings is 1. The van der Waals surface area contributed by atoms with Crippen molar-refractivity contribution in [1.82, 2.24) is 15.4 Å². The Morgan fingerprint density at radius 3 is 2.74 bits per heavy atom. The Balaban J connectivity index is 1.49. The minimum atomic E-state index is -0.223. The van der Waals surface area contributed by atoms with Crippen molar-refractivity contribution in [3.8, 4) is 10.7 Å². The predicted octanol–water partition coefficient (Wildman–Crippen LogP) is 3.00. The standard InChI is InChI=1S/C17H15N3O2S/c21-16(20-22-11-13-6-2-1-3-7-13)10-14-12-23-17(19-14)15-8-4-5-9-18-15/h1-9,12H,10-11H2,(H,20,21). The summed E-state index contributed by atoms with van der Waals surface area (Å²) >= 11 is 1.47. The Morgan fingerprint density at radius 2 is 1.96 bits per heavy atom. The van der Waals surface area contributed by atoms with Gasteiger partial charge in [-0.15, -0.1) is 11.3 Å². The Bertz CT molecular complexity index is 760. The van der Waals surface area contributed by atoms with Gasteiger partial charge in [0.05, 0.1) is 24.4 Å². The van der Waals surface area contributed by atoms with Crippen LogP contribution in [0, 0.1) is 0 Å². The van der Waals surface area contributed by atoms with Crippen LogP contribution < -0.4 is 5.48 Å². The number of hydrogen-bond donors (Lipinski definition) is 1. The number of carbonyl (C=O) groups excluding carboxylic acids is 1. The fourth-order valence-corrected chi connectivity index (χ4v) is 2.76. The zero-order chi connectivity index (χ0) is 15.9. The van der Waals surface area contributed by atoms with Crippen molar-refractivity contribution in [2.45, 2.75) is 13.0 Å². The number of nitrogens with one attached hydrogen (secondary N) is 1. The SMILES string of the molecule is O=C(Cc1csc(-c2ccccn2)n1)NOCc1ccccc1. The van der Waals surface area contributed by atoms with E-state index in [0.29, 0.717) is 12.3 Å². The fourth-order valence-electron chi connectivity index (χ4n) is 1.97. The first-order chi connectivity index (χ1) is 11.3. The van der Waals surface area contributed by atoms with E-state index < -0.39 is 0 Å². The van der Waals surface area contributed by atoms with E-state index in [1.165, 1.54) is 11.3 Å². The monoisotopic (exact) mass is 325 g/mol. The topological polar surface area (TPSA) is 64.1 Å². The van der Waals surface area contributed by atoms with Gasteiger partial charge >= 0.3 is 0 Å². The average Bonchev–Trinajstić information content (AvgIpc) is 3.05. The first kappa shape index (κ1) is 15.3. The smallest absolute Gasteiger partial charge is 0.249 e. The molecule has 0 aliphatic rings. The van der Waals surface area contributed by atoms with Gasteiger partial charge in [0, 0.05) is 11.6 Å². The van der Waals surface area contributed by atoms with Gasteiger partial charge in [-0.05, 0) is 17.7 Å². The molecule has 0 aliphatic carbocycles. The maximum Gasteiger partial charge on any atom is 0.249 e. The number of thiazole rings is 1. The van der Waals surface area contributed by atoms with E-state index in [1.807, 2.05) is 53.9 Å². The molecule has 2 aromatic heterocycles. The number of hydroxylamine groups is 1. The van der Waals surface area contributed by atoms with Gasteiger partial charge in [0.15, 0.2) is 0 Å². The van der Waals surface area contributed by atoms with Crippen LogP contribution in [0.1, 0.15) is 11.3 Å². The highest BCUT2D eigenvalue weighted by molar-refractivity contribution is 7.13. The number of hydrogen-bond acceptors (Lipinski definition) is 5. The number of aromatic nitrogens is 2. The Labute approximate surface area is 137 Å². The largest absolute Gasteiger partial charge is 0.272 e. The molecule has 116 valence electrons. The second-order valence-electron chi connectivity index (χ2n) is 4.84. The van der Waals surface area contributed by atoms with Crippen molar-refractivity contribution >= 4 is 17.2 Å². The normalized spacial score (nSPS) is 10.4. The lowest BCUT2D eigenvalue weighted by Gasteiger charge is -2.04. The molecule has 0 unspecified atom stereocenters. The molecular formula is C17H15N3O2S. The quantitative estimate of drug-likeness (QED) is 0.708. The van der Waals surface area contributed by atoms with E-state index in [9.17, 15) is 4.79 Å². The predicted molar refractivity (Wildman–Crippen MR) is 88.4 cm³/mol. The summed E-state index contributed by atoms with van der Waals surface area (Å²) in [7, 11) is 0. The summed E-state index contributed by atoms with van der Waals surface area (Å²) in [5.74, 6) is -0.223. The summed E-state index contributed by atoms with van der Waals surface area (Å²) in [4.78, 5) is 25.7. The van der Waals surface area contributed by atoms with E-state index in [4.69, 9.17) is 4.84 Å². The molecule has 0 saturated carbocycles. The molecule has 5 nitrogen and oxygen atoms in total. The van der Waals surface area contributed by atoms with Crippen molar-refractivity contribution < 1.29 is 9.63 Å². The lowest BCUT2D eigenvalue weighted by molar-refractivity contribution is -0.133. The van der Waals surface area contributed by atoms with Gasteiger partial charge in [0.2, 0.25) is 5.91 Å². The Morgan fingerprint density at radius 1 is 1.13 bits per heavy atom. The highest BCUT2D eigenvalue weighted by Crippen LogP contribution is 2.21. The second-order valence-corrected chi connectivity index (χ2v) is 5.69. The first-order valence-electron chi connectivity index (χ1n) is 7.11. The molecule has 1 amide bonds. The minimum absolute atomic E-state index is 0.179. The van der Waals surface area contributed by atoms with E-state index in [0.717, 1.165) is 16.3 Å². The molecule has 0 bridgehead atoms. The van der Waals surface area contributed by atoms with E-state index in [1.54, 1.807) is 6.20 Å². The molecule has 0 atom stereocenters. The summed E-state index contributed by atoms with van der Waals surface area (Å²) in [6.45, 7) is 0.336. The van der Waals surface area contributed by atoms with Crippen molar-refractivity contribution in [2.24, 2.45) is 0 Å². The summed E-state index contributed by atoms with van der Waals surface area (Å²) in [6, 6.07) is 15.3. The molecule has 0 spiro atoms. The molecule has 1 N–H and O–H groups in total. The highest BCUT2D eigenvalue weighted by atomic mass is 32.1. The molecule has 0 radical (unpaired) electrons. The van der Waals surface area contributed by atoms with Crippen molar-refractivity contribution in [3.63, 3.8) is 0 Å². The lowest BCUT2D eigenvalue weighted by atomic mass is 10.2. The number of rotatable bonds is 6. The van der Waals surface area contributed by atoms with Crippen LogP contribution in [0.25, 0.3) is 10.7 Å². The van der Waals surface area contributed by atoms with Gasteiger partial charge < -0.3 is 0 Å². The van der Waals surface area contributed by atoms with E-state index in [-0.39, 0.29) is 12.3 Å². The van der Waals surface area contributed by atoms with Crippen LogP contribution in [0.3, 0.4) is 0 Å². The molecule has 0 aliphatic heterocycles. The van der Waals surface area contributed by atoms with Crippen LogP contribution in [-0.2, 0) is 22.7 Å². The van der Waals surface area contributed by atoms with Crippen LogP contribution in [-0.4, -0.2) is 15.9 Å². The average molecular weight is 325 g/mol. The third-order valence-corrected chi connectivity index (χ3v) is 3.96. The van der Waals surface area contributed by atoms with Crippen LogP contribution in [0.15, 0.2) is 60.1 Å². The number of carbonyl (C=O) groups is 1. The van der Waals surface area contributed by atoms with Crippen LogP contribution in [0.2, 0.25) is 0 Å². The summed E-state index contributed by atoms with van der Waals surface area (Å²) < 4.78 is 0. The van der Waals surface area contributed by atoms with Gasteiger partial charge in [-0.1, -0.05) is 36.4 Å². The molecule has 2 heterocycles. The molecule has 23 heavy (non-hydrogen) atoms. The van der Waals surface area contributed by atoms with Gasteiger partial charge in [0.25, 0.3) is 0 Å². The van der Waals surface area contributed by atoms with E-state index in [2.05, 4.69) is 15.4 Å². The number of benzene rings is 1. The lowest BCUT2D eigenvalue weighted by Crippen LogP contribution is -2.25. The molecule has 3 aromatic rings. The zero-order valence-electron chi connectivity index (χ0n) is 12.3. The maximum atomic E-state index is 11.9. The zero-order valence-corrected chi connectivity index (χ0v) is 13.1. The van der Waals surface area contributed by atoms with E-state index >= 15 is 0 Å². The Hall–Kier alpha value is -2.57. The summed E-state index contributed by atoms with van der Waals surface area (Å²) in [5, 5.41) is 2.67. The van der Waals surface area contributed by atoms with Gasteiger partial charge in [-0.3, -0.25) is 14.6 Å². The maximum absolute atomic E-state index is 11.9. The van der Waals surface area contributed by atoms with Crippen LogP contribution in [0.5, 0.6) is 0 Å². The van der Waals surface area contributed by atoms with Crippen LogP contribution in [0.4, 0.5) is 0 Å². The van der Waals surface area contributed by atoms with Crippen molar-refractivity contribution in [2.75, 3.05) is 0 Å². The van der Waals surface area contributed by atoms with Crippen molar-refractivity contribution in [3.05, 3.63) is 71.4 Å². The summed E-state index contributed by atoms with van der Waals surface area (Å²) in [6.07, 6.45) is 1.90. The molecule has 0 fully saturated rings.